The van der Waals surface area contributed by atoms with Crippen LogP contribution in [0.1, 0.15) is 0 Å². The van der Waals surface area contributed by atoms with E-state index < -0.39 is 12.2 Å². The second kappa shape index (κ2) is 6.96. The number of carbonyl (C=O) groups is 2. The molecule has 0 saturated carbocycles. The van der Waals surface area contributed by atoms with E-state index in [9.17, 15) is 9.59 Å². The van der Waals surface area contributed by atoms with Crippen LogP contribution in [0.2, 0.25) is 0 Å². The van der Waals surface area contributed by atoms with Gasteiger partial charge in [0, 0.05) is 6.54 Å². The van der Waals surface area contributed by atoms with E-state index in [1.807, 2.05) is 5.32 Å². The third-order valence-corrected chi connectivity index (χ3v) is 1.00. The maximum atomic E-state index is 10.7. The van der Waals surface area contributed by atoms with Gasteiger partial charge in [-0.2, -0.15) is 0 Å². The van der Waals surface area contributed by atoms with Gasteiger partial charge in [0.05, 0.1) is 6.54 Å². The van der Waals surface area contributed by atoms with Crippen LogP contribution in [0.4, 0.5) is 9.59 Å². The molecule has 0 unspecified atom stereocenters. The summed E-state index contributed by atoms with van der Waals surface area (Å²) >= 11 is 0. The number of amides is 2. The van der Waals surface area contributed by atoms with Crippen molar-refractivity contribution < 1.29 is 19.4 Å². The zero-order valence-corrected chi connectivity index (χ0v) is 7.08. The van der Waals surface area contributed by atoms with Gasteiger partial charge in [-0.05, 0) is 0 Å². The Balaban J connectivity index is 3.26. The van der Waals surface area contributed by atoms with Crippen LogP contribution in [0.5, 0.6) is 0 Å². The summed E-state index contributed by atoms with van der Waals surface area (Å²) in [6.45, 7) is 3.81. The molecule has 0 radical (unpaired) electrons. The van der Waals surface area contributed by atoms with Crippen LogP contribution in [0, 0.1) is 0 Å². The lowest BCUT2D eigenvalue weighted by molar-refractivity contribution is 0.145. The van der Waals surface area contributed by atoms with Gasteiger partial charge in [-0.15, -0.1) is 6.58 Å². The van der Waals surface area contributed by atoms with Crippen molar-refractivity contribution >= 4 is 12.2 Å². The SMILES string of the molecule is C=CCNC(=O)OCCNC(=O)O. The van der Waals surface area contributed by atoms with E-state index in [4.69, 9.17) is 5.11 Å². The van der Waals surface area contributed by atoms with E-state index >= 15 is 0 Å². The quantitative estimate of drug-likeness (QED) is 0.424. The monoisotopic (exact) mass is 188 g/mol. The van der Waals surface area contributed by atoms with Crippen molar-refractivity contribution in [2.75, 3.05) is 19.7 Å². The highest BCUT2D eigenvalue weighted by Gasteiger charge is 1.99. The van der Waals surface area contributed by atoms with Gasteiger partial charge in [0.2, 0.25) is 0 Å². The van der Waals surface area contributed by atoms with Gasteiger partial charge in [0.15, 0.2) is 0 Å². The molecular weight excluding hydrogens is 176 g/mol. The van der Waals surface area contributed by atoms with Crippen molar-refractivity contribution in [1.29, 1.82) is 0 Å². The second-order valence-corrected chi connectivity index (χ2v) is 2.04. The standard InChI is InChI=1S/C7H12N2O4/c1-2-3-9-7(12)13-5-4-8-6(10)11/h2,8H,1,3-5H2,(H,9,12)(H,10,11). The van der Waals surface area contributed by atoms with E-state index in [2.05, 4.69) is 16.6 Å². The predicted octanol–water partition coefficient (Wildman–Crippen LogP) is 0.166. The fourth-order valence-electron chi connectivity index (χ4n) is 0.508. The lowest BCUT2D eigenvalue weighted by atomic mass is 10.6. The first-order valence-electron chi connectivity index (χ1n) is 3.65. The molecule has 0 rings (SSSR count). The largest absolute Gasteiger partial charge is 0.465 e. The third kappa shape index (κ3) is 8.18. The Kier molecular flexibility index (Phi) is 6.04. The van der Waals surface area contributed by atoms with Crippen LogP contribution in [0.15, 0.2) is 12.7 Å². The third-order valence-electron chi connectivity index (χ3n) is 1.00. The molecule has 74 valence electrons. The van der Waals surface area contributed by atoms with E-state index in [0.717, 1.165) is 0 Å². The summed E-state index contributed by atoms with van der Waals surface area (Å²) < 4.78 is 4.57. The molecular formula is C7H12N2O4. The number of hydrogen-bond donors (Lipinski definition) is 3. The first kappa shape index (κ1) is 11.3. The zero-order chi connectivity index (χ0) is 10.1. The average Bonchev–Trinajstić information content (AvgIpc) is 2.08. The van der Waals surface area contributed by atoms with Gasteiger partial charge in [-0.3, -0.25) is 0 Å². The van der Waals surface area contributed by atoms with Gasteiger partial charge in [-0.25, -0.2) is 9.59 Å². The molecule has 0 atom stereocenters. The predicted molar refractivity (Wildman–Crippen MR) is 45.6 cm³/mol. The van der Waals surface area contributed by atoms with Gasteiger partial charge in [0.25, 0.3) is 0 Å². The summed E-state index contributed by atoms with van der Waals surface area (Å²) in [5, 5.41) is 12.6. The highest BCUT2D eigenvalue weighted by molar-refractivity contribution is 5.67. The van der Waals surface area contributed by atoms with Gasteiger partial charge in [0.1, 0.15) is 6.61 Å². The molecule has 0 heterocycles. The summed E-state index contributed by atoms with van der Waals surface area (Å²) in [7, 11) is 0. The highest BCUT2D eigenvalue weighted by atomic mass is 16.5. The van der Waals surface area contributed by atoms with Gasteiger partial charge in [-0.1, -0.05) is 6.08 Å². The van der Waals surface area contributed by atoms with Crippen LogP contribution in [0.25, 0.3) is 0 Å². The number of alkyl carbamates (subject to hydrolysis) is 1. The summed E-state index contributed by atoms with van der Waals surface area (Å²) in [5.74, 6) is 0. The van der Waals surface area contributed by atoms with Gasteiger partial charge >= 0.3 is 12.2 Å². The minimum atomic E-state index is -1.14. The lowest BCUT2D eigenvalue weighted by Crippen LogP contribution is -2.30. The molecule has 0 saturated heterocycles. The van der Waals surface area contributed by atoms with Crippen molar-refractivity contribution in [2.45, 2.75) is 0 Å². The maximum absolute atomic E-state index is 10.7. The number of ether oxygens (including phenoxy) is 1. The molecule has 0 spiro atoms. The Labute approximate surface area is 75.6 Å². The van der Waals surface area contributed by atoms with Crippen molar-refractivity contribution in [3.8, 4) is 0 Å². The van der Waals surface area contributed by atoms with E-state index in [0.29, 0.717) is 6.54 Å². The van der Waals surface area contributed by atoms with Crippen LogP contribution < -0.4 is 10.6 Å². The molecule has 0 aliphatic rings. The zero-order valence-electron chi connectivity index (χ0n) is 7.08. The Morgan fingerprint density at radius 2 is 2.15 bits per heavy atom. The molecule has 3 N–H and O–H groups in total. The highest BCUT2D eigenvalue weighted by Crippen LogP contribution is 1.76. The van der Waals surface area contributed by atoms with Crippen molar-refractivity contribution in [3.63, 3.8) is 0 Å². The molecule has 6 nitrogen and oxygen atoms in total. The lowest BCUT2D eigenvalue weighted by Gasteiger charge is -2.04. The minimum absolute atomic E-state index is 0.00920. The Morgan fingerprint density at radius 1 is 1.46 bits per heavy atom. The first-order valence-corrected chi connectivity index (χ1v) is 3.65. The first-order chi connectivity index (χ1) is 6.16. The number of carboxylic acid groups (broad SMARTS) is 1. The normalized spacial score (nSPS) is 8.62. The minimum Gasteiger partial charge on any atom is -0.465 e. The van der Waals surface area contributed by atoms with Crippen LogP contribution >= 0.6 is 0 Å². The van der Waals surface area contributed by atoms with Gasteiger partial charge < -0.3 is 20.5 Å². The van der Waals surface area contributed by atoms with Crippen molar-refractivity contribution in [3.05, 3.63) is 12.7 Å². The topological polar surface area (TPSA) is 87.7 Å². The van der Waals surface area contributed by atoms with E-state index in [-0.39, 0.29) is 13.2 Å². The Morgan fingerprint density at radius 3 is 2.69 bits per heavy atom. The number of carbonyl (C=O) groups excluding carboxylic acids is 1. The fraction of sp³-hybridized carbons (Fsp3) is 0.429. The molecule has 0 fully saturated rings. The summed E-state index contributed by atoms with van der Waals surface area (Å²) in [6, 6.07) is 0. The van der Waals surface area contributed by atoms with Crippen molar-refractivity contribution in [1.82, 2.24) is 10.6 Å². The average molecular weight is 188 g/mol. The van der Waals surface area contributed by atoms with Crippen LogP contribution in [-0.2, 0) is 4.74 Å². The van der Waals surface area contributed by atoms with E-state index in [1.165, 1.54) is 6.08 Å². The van der Waals surface area contributed by atoms with Crippen LogP contribution in [0.3, 0.4) is 0 Å². The molecule has 0 bridgehead atoms. The molecule has 0 aromatic rings. The second-order valence-electron chi connectivity index (χ2n) is 2.04. The number of nitrogens with one attached hydrogen (secondary N) is 2. The summed E-state index contributed by atoms with van der Waals surface area (Å²) in [5.41, 5.74) is 0. The Bertz CT molecular complexity index is 193. The molecule has 0 aromatic heterocycles. The molecule has 13 heavy (non-hydrogen) atoms. The molecule has 0 aromatic carbocycles. The van der Waals surface area contributed by atoms with Crippen molar-refractivity contribution in [2.24, 2.45) is 0 Å². The molecule has 0 aliphatic heterocycles. The molecule has 2 amide bonds. The number of hydrogen-bond acceptors (Lipinski definition) is 3. The summed E-state index contributed by atoms with van der Waals surface area (Å²) in [6.07, 6.45) is -0.223. The number of rotatable bonds is 5. The van der Waals surface area contributed by atoms with Crippen LogP contribution in [-0.4, -0.2) is 37.0 Å². The van der Waals surface area contributed by atoms with E-state index in [1.54, 1.807) is 0 Å². The molecule has 6 heteroatoms. The smallest absolute Gasteiger partial charge is 0.407 e. The maximum Gasteiger partial charge on any atom is 0.407 e. The summed E-state index contributed by atoms with van der Waals surface area (Å²) in [4.78, 5) is 20.6. The molecule has 0 aliphatic carbocycles. The Hall–Kier alpha value is -1.72. The fourth-order valence-corrected chi connectivity index (χ4v) is 0.508.